The Hall–Kier alpha value is -3.39. The van der Waals surface area contributed by atoms with Crippen molar-refractivity contribution in [1.82, 2.24) is 0 Å². The highest BCUT2D eigenvalue weighted by Crippen LogP contribution is 2.59. The maximum Gasteiger partial charge on any atom is 0.0411 e. The van der Waals surface area contributed by atoms with Crippen LogP contribution in [0.15, 0.2) is 72.8 Å². The van der Waals surface area contributed by atoms with Gasteiger partial charge in [0, 0.05) is 11.1 Å². The zero-order valence-corrected chi connectivity index (χ0v) is 23.9. The van der Waals surface area contributed by atoms with Crippen LogP contribution in [0, 0.1) is 23.0 Å². The Morgan fingerprint density at radius 2 is 0.838 bits per heavy atom. The van der Waals surface area contributed by atoms with Gasteiger partial charge in [0.25, 0.3) is 0 Å². The summed E-state index contributed by atoms with van der Waals surface area (Å²) in [5.74, 6) is 10.5. The van der Waals surface area contributed by atoms with Crippen molar-refractivity contribution in [2.45, 2.75) is 64.2 Å². The molecule has 0 saturated heterocycles. The quantitative estimate of drug-likeness (QED) is 0.171. The molecule has 186 valence electrons. The molecule has 0 aliphatic rings. The largest absolute Gasteiger partial charge is 0.170 e. The summed E-state index contributed by atoms with van der Waals surface area (Å²) in [5.41, 5.74) is 2.24. The van der Waals surface area contributed by atoms with Crippen LogP contribution in [0.4, 0.5) is 0 Å². The Morgan fingerprint density at radius 1 is 0.514 bits per heavy atom. The molecule has 0 spiro atoms. The van der Waals surface area contributed by atoms with E-state index in [2.05, 4.69) is 137 Å². The van der Waals surface area contributed by atoms with E-state index in [-0.39, 0.29) is 0 Å². The molecule has 0 radical (unpaired) electrons. The molecule has 0 saturated carbocycles. The second-order valence-corrected chi connectivity index (χ2v) is 15.3. The summed E-state index contributed by atoms with van der Waals surface area (Å²) < 4.78 is 0. The van der Waals surface area contributed by atoms with E-state index in [1.54, 1.807) is 0 Å². The van der Waals surface area contributed by atoms with Crippen LogP contribution in [0.1, 0.15) is 59.6 Å². The Balaban J connectivity index is 2.01. The van der Waals surface area contributed by atoms with Crippen molar-refractivity contribution in [3.8, 4) is 23.0 Å². The van der Waals surface area contributed by atoms with Crippen LogP contribution in [-0.2, 0) is 0 Å². The van der Waals surface area contributed by atoms with Crippen LogP contribution < -0.4 is 0 Å². The van der Waals surface area contributed by atoms with Gasteiger partial charge in [0.1, 0.15) is 0 Å². The zero-order chi connectivity index (χ0) is 26.3. The molecule has 0 N–H and O–H groups in total. The van der Waals surface area contributed by atoms with Gasteiger partial charge in [-0.05, 0) is 95.3 Å². The van der Waals surface area contributed by atoms with Gasteiger partial charge >= 0.3 is 0 Å². The number of fused-ring (bicyclic) bond motifs is 4. The van der Waals surface area contributed by atoms with Crippen LogP contribution in [0.2, 0.25) is 0 Å². The summed E-state index contributed by atoms with van der Waals surface area (Å²) in [5, 5.41) is 15.3. The zero-order valence-electron chi connectivity index (χ0n) is 23.1. The Labute approximate surface area is 223 Å². The van der Waals surface area contributed by atoms with Gasteiger partial charge in [-0.15, -0.1) is 5.92 Å². The number of hydrogen-bond donors (Lipinski definition) is 0. The number of hydrogen-bond acceptors (Lipinski definition) is 0. The lowest BCUT2D eigenvalue weighted by molar-refractivity contribution is 0.959. The topological polar surface area (TPSA) is 0 Å². The van der Waals surface area contributed by atoms with Gasteiger partial charge in [-0.3, -0.25) is 0 Å². The minimum absolute atomic E-state index is 0.532. The number of benzene rings is 5. The normalized spacial score (nSPS) is 12.4. The van der Waals surface area contributed by atoms with Crippen LogP contribution in [0.25, 0.3) is 43.1 Å². The average molecular weight is 501 g/mol. The number of rotatable bonds is 3. The molecular formula is C36H36S. The maximum atomic E-state index is 3.98. The van der Waals surface area contributed by atoms with E-state index >= 15 is 0 Å². The molecule has 0 aromatic heterocycles. The first kappa shape index (κ1) is 25.3. The summed E-state index contributed by atoms with van der Waals surface area (Å²) in [6, 6.07) is 26.6. The third-order valence-electron chi connectivity index (χ3n) is 7.79. The summed E-state index contributed by atoms with van der Waals surface area (Å²) >= 11 is 0. The van der Waals surface area contributed by atoms with Crippen molar-refractivity contribution in [1.29, 1.82) is 0 Å². The summed E-state index contributed by atoms with van der Waals surface area (Å²) in [6.45, 7) is 16.1. The molecule has 0 heterocycles. The summed E-state index contributed by atoms with van der Waals surface area (Å²) in [4.78, 5) is 0. The summed E-state index contributed by atoms with van der Waals surface area (Å²) in [6.07, 6.45) is 0. The Bertz CT molecular complexity index is 1660. The molecule has 0 amide bonds. The van der Waals surface area contributed by atoms with Crippen molar-refractivity contribution in [2.75, 3.05) is 0 Å². The predicted octanol–water partition coefficient (Wildman–Crippen LogP) is 10.0. The van der Waals surface area contributed by atoms with Crippen LogP contribution >= 0.6 is 10.0 Å². The molecule has 0 aliphatic carbocycles. The molecule has 0 nitrogen and oxygen atoms in total. The highest BCUT2D eigenvalue weighted by Gasteiger charge is 2.33. The minimum Gasteiger partial charge on any atom is -0.170 e. The maximum absolute atomic E-state index is 3.98. The van der Waals surface area contributed by atoms with Crippen LogP contribution in [0.5, 0.6) is 0 Å². The molecule has 0 bridgehead atoms. The minimum atomic E-state index is -1.18. The smallest absolute Gasteiger partial charge is 0.0411 e. The molecule has 5 aromatic rings. The van der Waals surface area contributed by atoms with Gasteiger partial charge in [-0.25, -0.2) is 0 Å². The molecule has 0 unspecified atom stereocenters. The lowest BCUT2D eigenvalue weighted by atomic mass is 9.89. The fourth-order valence-corrected chi connectivity index (χ4v) is 10.4. The monoisotopic (exact) mass is 500 g/mol. The van der Waals surface area contributed by atoms with Crippen LogP contribution in [0.3, 0.4) is 0 Å². The molecular weight excluding hydrogens is 464 g/mol. The summed E-state index contributed by atoms with van der Waals surface area (Å²) in [7, 11) is -1.18. The van der Waals surface area contributed by atoms with Crippen molar-refractivity contribution in [2.24, 2.45) is 0 Å². The highest BCUT2D eigenvalue weighted by molar-refractivity contribution is 8.38. The third kappa shape index (κ3) is 4.17. The van der Waals surface area contributed by atoms with Crippen molar-refractivity contribution >= 4 is 53.1 Å². The van der Waals surface area contributed by atoms with Gasteiger partial charge in [-0.1, -0.05) is 102 Å². The molecule has 0 fully saturated rings. The average Bonchev–Trinajstić information content (AvgIpc) is 2.87. The van der Waals surface area contributed by atoms with Gasteiger partial charge in [0.15, 0.2) is 0 Å². The third-order valence-corrected chi connectivity index (χ3v) is 12.9. The predicted molar refractivity (Wildman–Crippen MR) is 169 cm³/mol. The molecule has 0 atom stereocenters. The lowest BCUT2D eigenvalue weighted by Crippen LogP contribution is -2.27. The van der Waals surface area contributed by atoms with E-state index in [1.165, 1.54) is 43.1 Å². The Kier molecular flexibility index (Phi) is 6.70. The molecule has 37 heavy (non-hydrogen) atoms. The SMILES string of the molecule is CC#Cc1c2cc3ccccc3cc2c(C#CS(C(C)C)(C(C)C)C(C)C)c2cc3ccccc3cc12. The molecule has 1 heteroatoms. The van der Waals surface area contributed by atoms with E-state index in [1.807, 2.05) is 6.92 Å². The van der Waals surface area contributed by atoms with Crippen molar-refractivity contribution in [3.63, 3.8) is 0 Å². The first-order chi connectivity index (χ1) is 17.8. The van der Waals surface area contributed by atoms with Gasteiger partial charge in [-0.2, -0.15) is 10.0 Å². The van der Waals surface area contributed by atoms with E-state index in [0.29, 0.717) is 15.7 Å². The van der Waals surface area contributed by atoms with Crippen molar-refractivity contribution in [3.05, 3.63) is 83.9 Å². The molecule has 0 aliphatic heterocycles. The van der Waals surface area contributed by atoms with E-state index in [0.717, 1.165) is 11.1 Å². The van der Waals surface area contributed by atoms with E-state index in [9.17, 15) is 0 Å². The standard InChI is InChI=1S/C36H36S/c1-8-13-31-33-20-27-14-9-11-16-29(27)22-35(33)32(18-19-37(24(2)3,25(4)5)26(6)7)36-23-30-17-12-10-15-28(30)21-34(31)36/h9-12,14-17,20-26H,1-7H3. The van der Waals surface area contributed by atoms with Crippen molar-refractivity contribution < 1.29 is 0 Å². The molecule has 5 aromatic carbocycles. The first-order valence-electron chi connectivity index (χ1n) is 13.3. The Morgan fingerprint density at radius 3 is 1.14 bits per heavy atom. The second kappa shape index (κ2) is 9.82. The van der Waals surface area contributed by atoms with Gasteiger partial charge in [0.05, 0.1) is 0 Å². The highest BCUT2D eigenvalue weighted by atomic mass is 32.3. The second-order valence-electron chi connectivity index (χ2n) is 10.8. The lowest BCUT2D eigenvalue weighted by Gasteiger charge is -2.46. The molecule has 5 rings (SSSR count). The first-order valence-corrected chi connectivity index (χ1v) is 15.2. The van der Waals surface area contributed by atoms with E-state index in [4.69, 9.17) is 0 Å². The van der Waals surface area contributed by atoms with E-state index < -0.39 is 10.0 Å². The van der Waals surface area contributed by atoms with Crippen LogP contribution in [-0.4, -0.2) is 15.7 Å². The fourth-order valence-electron chi connectivity index (χ4n) is 6.12. The fraction of sp³-hybridized carbons (Fsp3) is 0.278. The van der Waals surface area contributed by atoms with Gasteiger partial charge < -0.3 is 0 Å². The van der Waals surface area contributed by atoms with Gasteiger partial charge in [0.2, 0.25) is 0 Å².